The lowest BCUT2D eigenvalue weighted by molar-refractivity contribution is -0.137. The number of carbonyl (C=O) groups is 1. The van der Waals surface area contributed by atoms with Crippen molar-refractivity contribution in [3.05, 3.63) is 35.6 Å². The summed E-state index contributed by atoms with van der Waals surface area (Å²) < 4.78 is 13.2. The molecule has 0 aromatic heterocycles. The zero-order valence-corrected chi connectivity index (χ0v) is 13.9. The van der Waals surface area contributed by atoms with E-state index < -0.39 is 10.8 Å². The van der Waals surface area contributed by atoms with Gasteiger partial charge in [0.25, 0.3) is 0 Å². The van der Waals surface area contributed by atoms with Crippen LogP contribution in [0, 0.1) is 33.9 Å². The first-order valence-electron chi connectivity index (χ1n) is 8.11. The zero-order chi connectivity index (χ0) is 16.7. The van der Waals surface area contributed by atoms with Crippen LogP contribution in [0.4, 0.5) is 4.39 Å². The Morgan fingerprint density at radius 3 is 2.48 bits per heavy atom. The van der Waals surface area contributed by atoms with E-state index in [0.29, 0.717) is 6.42 Å². The van der Waals surface area contributed by atoms with E-state index in [2.05, 4.69) is 6.07 Å². The number of nitrogens with zero attached hydrogens (tertiary/aromatic N) is 1. The molecule has 2 aliphatic carbocycles. The number of hydrogen-bond acceptors (Lipinski definition) is 3. The highest BCUT2D eigenvalue weighted by Crippen LogP contribution is 2.67. The standard InChI is InChI=1S/C18H21FN2OS/c19-13-6-4-12(5-7-13)15(23)14-3-1-2-8-18(14,16(21)22)17(11-20)9-10-17/h4-7,14-15,23H,1-3,8-10H2,(H2,21,22). The molecule has 0 bridgehead atoms. The molecule has 3 nitrogen and oxygen atoms in total. The van der Waals surface area contributed by atoms with E-state index >= 15 is 0 Å². The third-order valence-corrected chi connectivity index (χ3v) is 6.48. The lowest BCUT2D eigenvalue weighted by Crippen LogP contribution is -2.52. The summed E-state index contributed by atoms with van der Waals surface area (Å²) in [6.07, 6.45) is 4.84. The number of hydrogen-bond donors (Lipinski definition) is 2. The third kappa shape index (κ3) is 2.44. The molecule has 0 aliphatic heterocycles. The number of primary amides is 1. The van der Waals surface area contributed by atoms with Crippen molar-refractivity contribution in [3.63, 3.8) is 0 Å². The van der Waals surface area contributed by atoms with Gasteiger partial charge in [-0.05, 0) is 49.3 Å². The molecule has 2 N–H and O–H groups in total. The molecule has 2 fully saturated rings. The number of rotatable bonds is 4. The van der Waals surface area contributed by atoms with Crippen molar-refractivity contribution in [2.24, 2.45) is 22.5 Å². The molecule has 3 atom stereocenters. The Bertz CT molecular complexity index is 650. The lowest BCUT2D eigenvalue weighted by Gasteiger charge is -2.47. The van der Waals surface area contributed by atoms with Gasteiger partial charge >= 0.3 is 0 Å². The van der Waals surface area contributed by atoms with Crippen LogP contribution in [-0.4, -0.2) is 5.91 Å². The molecular weight excluding hydrogens is 311 g/mol. The largest absolute Gasteiger partial charge is 0.369 e. The van der Waals surface area contributed by atoms with Gasteiger partial charge < -0.3 is 5.73 Å². The quantitative estimate of drug-likeness (QED) is 0.824. The SMILES string of the molecule is N#CC1(C2(C(N)=O)CCCCC2C(S)c2ccc(F)cc2)CC1. The summed E-state index contributed by atoms with van der Waals surface area (Å²) in [6.45, 7) is 0. The topological polar surface area (TPSA) is 66.9 Å². The molecule has 2 saturated carbocycles. The van der Waals surface area contributed by atoms with Crippen molar-refractivity contribution in [1.29, 1.82) is 5.26 Å². The average Bonchev–Trinajstić information content (AvgIpc) is 3.36. The summed E-state index contributed by atoms with van der Waals surface area (Å²) in [5.41, 5.74) is 5.27. The molecule has 5 heteroatoms. The molecule has 0 saturated heterocycles. The molecule has 0 radical (unpaired) electrons. The Morgan fingerprint density at radius 1 is 1.30 bits per heavy atom. The van der Waals surface area contributed by atoms with Crippen LogP contribution in [-0.2, 0) is 4.79 Å². The van der Waals surface area contributed by atoms with Crippen LogP contribution in [0.1, 0.15) is 49.3 Å². The molecule has 0 heterocycles. The summed E-state index contributed by atoms with van der Waals surface area (Å²) in [4.78, 5) is 12.5. The fraction of sp³-hybridized carbons (Fsp3) is 0.556. The predicted molar refractivity (Wildman–Crippen MR) is 89.0 cm³/mol. The highest BCUT2D eigenvalue weighted by molar-refractivity contribution is 7.80. The minimum Gasteiger partial charge on any atom is -0.369 e. The second-order valence-electron chi connectivity index (χ2n) is 6.88. The van der Waals surface area contributed by atoms with Gasteiger partial charge in [-0.3, -0.25) is 4.79 Å². The number of carbonyl (C=O) groups excluding carboxylic acids is 1. The number of benzene rings is 1. The monoisotopic (exact) mass is 332 g/mol. The molecule has 1 amide bonds. The van der Waals surface area contributed by atoms with Crippen molar-refractivity contribution in [2.75, 3.05) is 0 Å². The van der Waals surface area contributed by atoms with Crippen molar-refractivity contribution in [2.45, 2.75) is 43.8 Å². The molecular formula is C18H21FN2OS. The Morgan fingerprint density at radius 2 is 1.96 bits per heavy atom. The number of amides is 1. The summed E-state index contributed by atoms with van der Waals surface area (Å²) in [5.74, 6) is -0.762. The summed E-state index contributed by atoms with van der Waals surface area (Å²) in [5, 5.41) is 9.47. The second kappa shape index (κ2) is 5.83. The lowest BCUT2D eigenvalue weighted by atomic mass is 9.56. The van der Waals surface area contributed by atoms with E-state index in [0.717, 1.165) is 37.7 Å². The van der Waals surface area contributed by atoms with E-state index in [1.54, 1.807) is 12.1 Å². The molecule has 0 spiro atoms. The number of nitrogens with two attached hydrogens (primary N) is 1. The first-order chi connectivity index (χ1) is 11.0. The average molecular weight is 332 g/mol. The van der Waals surface area contributed by atoms with E-state index in [1.807, 2.05) is 0 Å². The van der Waals surface area contributed by atoms with Crippen molar-refractivity contribution in [1.82, 2.24) is 0 Å². The van der Waals surface area contributed by atoms with Crippen LogP contribution < -0.4 is 5.73 Å². The summed E-state index contributed by atoms with van der Waals surface area (Å²) >= 11 is 4.76. The minimum absolute atomic E-state index is 0.0929. The third-order valence-electron chi connectivity index (χ3n) is 5.82. The van der Waals surface area contributed by atoms with Gasteiger partial charge in [0.1, 0.15) is 5.82 Å². The van der Waals surface area contributed by atoms with E-state index in [4.69, 9.17) is 18.4 Å². The maximum atomic E-state index is 13.2. The molecule has 2 aliphatic rings. The highest BCUT2D eigenvalue weighted by atomic mass is 32.1. The molecule has 1 aromatic carbocycles. The maximum Gasteiger partial charge on any atom is 0.225 e. The van der Waals surface area contributed by atoms with Crippen molar-refractivity contribution < 1.29 is 9.18 Å². The first-order valence-corrected chi connectivity index (χ1v) is 8.63. The second-order valence-corrected chi connectivity index (χ2v) is 7.43. The van der Waals surface area contributed by atoms with Gasteiger partial charge in [-0.15, -0.1) is 0 Å². The van der Waals surface area contributed by atoms with Gasteiger partial charge in [0.2, 0.25) is 5.91 Å². The van der Waals surface area contributed by atoms with Gasteiger partial charge in [-0.25, -0.2) is 4.39 Å². The Balaban J connectivity index is 2.02. The van der Waals surface area contributed by atoms with Crippen molar-refractivity contribution >= 4 is 18.5 Å². The van der Waals surface area contributed by atoms with E-state index in [1.165, 1.54) is 12.1 Å². The molecule has 1 aromatic rings. The van der Waals surface area contributed by atoms with Crippen LogP contribution in [0.5, 0.6) is 0 Å². The molecule has 3 rings (SSSR count). The smallest absolute Gasteiger partial charge is 0.225 e. The van der Waals surface area contributed by atoms with Gasteiger partial charge in [0.15, 0.2) is 0 Å². The zero-order valence-electron chi connectivity index (χ0n) is 13.0. The Labute approximate surface area is 141 Å². The highest BCUT2D eigenvalue weighted by Gasteiger charge is 2.67. The van der Waals surface area contributed by atoms with Crippen LogP contribution in [0.25, 0.3) is 0 Å². The maximum absolute atomic E-state index is 13.2. The molecule has 3 unspecified atom stereocenters. The molecule has 23 heavy (non-hydrogen) atoms. The fourth-order valence-electron chi connectivity index (χ4n) is 4.44. The van der Waals surface area contributed by atoms with Crippen molar-refractivity contribution in [3.8, 4) is 6.07 Å². The van der Waals surface area contributed by atoms with Crippen LogP contribution in [0.15, 0.2) is 24.3 Å². The number of halogens is 1. The summed E-state index contributed by atoms with van der Waals surface area (Å²) in [6, 6.07) is 8.62. The van der Waals surface area contributed by atoms with Crippen LogP contribution >= 0.6 is 12.6 Å². The number of nitriles is 1. The van der Waals surface area contributed by atoms with Crippen LogP contribution in [0.3, 0.4) is 0 Å². The van der Waals surface area contributed by atoms with Gasteiger partial charge in [0, 0.05) is 5.25 Å². The minimum atomic E-state index is -0.819. The number of thiol groups is 1. The Kier molecular flexibility index (Phi) is 4.14. The Hall–Kier alpha value is -1.54. The van der Waals surface area contributed by atoms with E-state index in [9.17, 15) is 14.4 Å². The normalized spacial score (nSPS) is 30.2. The fourth-order valence-corrected chi connectivity index (χ4v) is 5.01. The predicted octanol–water partition coefficient (Wildman–Crippen LogP) is 3.76. The van der Waals surface area contributed by atoms with E-state index in [-0.39, 0.29) is 22.9 Å². The van der Waals surface area contributed by atoms with Crippen LogP contribution in [0.2, 0.25) is 0 Å². The first kappa shape index (κ1) is 16.3. The summed E-state index contributed by atoms with van der Waals surface area (Å²) in [7, 11) is 0. The molecule has 122 valence electrons. The van der Waals surface area contributed by atoms with Gasteiger partial charge in [-0.2, -0.15) is 17.9 Å². The van der Waals surface area contributed by atoms with Gasteiger partial charge in [-0.1, -0.05) is 25.0 Å². The van der Waals surface area contributed by atoms with Gasteiger partial charge in [0.05, 0.1) is 16.9 Å².